The van der Waals surface area contributed by atoms with E-state index in [4.69, 9.17) is 9.47 Å². The Morgan fingerprint density at radius 1 is 1.15 bits per heavy atom. The first-order chi connectivity index (χ1) is 16.1. The molecule has 0 N–H and O–H groups in total. The Balaban J connectivity index is 1.49. The van der Waals surface area contributed by atoms with Gasteiger partial charge in [0.1, 0.15) is 17.7 Å². The third-order valence-electron chi connectivity index (χ3n) is 5.27. The molecule has 1 fully saturated rings. The Morgan fingerprint density at radius 2 is 1.88 bits per heavy atom. The summed E-state index contributed by atoms with van der Waals surface area (Å²) in [6.45, 7) is 4.66. The number of piperidine rings is 1. The zero-order chi connectivity index (χ0) is 24.5. The van der Waals surface area contributed by atoms with Gasteiger partial charge in [0, 0.05) is 31.4 Å². The monoisotopic (exact) mass is 482 g/mol. The van der Waals surface area contributed by atoms with E-state index in [1.165, 1.54) is 6.33 Å². The van der Waals surface area contributed by atoms with Crippen LogP contribution in [0.3, 0.4) is 0 Å². The Kier molecular flexibility index (Phi) is 6.49. The Morgan fingerprint density at radius 3 is 2.53 bits per heavy atom. The Labute approximate surface area is 192 Å². The van der Waals surface area contributed by atoms with Crippen LogP contribution in [-0.2, 0) is 4.74 Å². The van der Waals surface area contributed by atoms with E-state index in [2.05, 4.69) is 14.7 Å². The van der Waals surface area contributed by atoms with Crippen molar-refractivity contribution in [3.8, 4) is 17.4 Å². The fraction of sp³-hybridized carbons (Fsp3) is 0.409. The molecule has 0 aliphatic carbocycles. The van der Waals surface area contributed by atoms with Crippen molar-refractivity contribution in [3.63, 3.8) is 0 Å². The minimum absolute atomic E-state index is 0.0603. The van der Waals surface area contributed by atoms with Gasteiger partial charge in [0.05, 0.1) is 11.5 Å². The molecule has 0 spiro atoms. The van der Waals surface area contributed by atoms with Crippen LogP contribution in [0, 0.1) is 5.82 Å². The number of likely N-dealkylation sites (tertiary alicyclic amines) is 1. The summed E-state index contributed by atoms with van der Waals surface area (Å²) in [4.78, 5) is 22.2. The molecule has 4 rings (SSSR count). The van der Waals surface area contributed by atoms with Gasteiger partial charge in [-0.25, -0.2) is 19.2 Å². The van der Waals surface area contributed by atoms with Gasteiger partial charge in [0.15, 0.2) is 11.6 Å². The summed E-state index contributed by atoms with van der Waals surface area (Å²) in [6, 6.07) is 4.37. The summed E-state index contributed by atoms with van der Waals surface area (Å²) in [5, 5.41) is 0.513. The van der Waals surface area contributed by atoms with E-state index in [0.29, 0.717) is 43.0 Å². The standard InChI is InChI=1S/C22H22F4N4O4/c1-13(2)32-21(31)29-8-5-14(6-9-29)30-10-7-16-19(30)27-12-28-20(16)33-18-4-3-15(11-17(18)23)34-22(24,25)26/h3-4,7,10-14H,5-6,8-9H2,1-2H3. The van der Waals surface area contributed by atoms with Gasteiger partial charge in [-0.15, -0.1) is 13.2 Å². The number of hydrogen-bond acceptors (Lipinski definition) is 6. The first kappa shape index (κ1) is 23.6. The molecule has 1 aliphatic heterocycles. The van der Waals surface area contributed by atoms with Crippen LogP contribution in [0.4, 0.5) is 22.4 Å². The van der Waals surface area contributed by atoms with Gasteiger partial charge in [0.2, 0.25) is 5.88 Å². The quantitative estimate of drug-likeness (QED) is 0.451. The molecule has 8 nitrogen and oxygen atoms in total. The number of carbonyl (C=O) groups excluding carboxylic acids is 1. The predicted octanol–water partition coefficient (Wildman–Crippen LogP) is 5.44. The van der Waals surface area contributed by atoms with Crippen molar-refractivity contribution in [2.45, 2.75) is 45.2 Å². The van der Waals surface area contributed by atoms with Crippen molar-refractivity contribution < 1.29 is 36.6 Å². The number of halogens is 4. The van der Waals surface area contributed by atoms with Crippen LogP contribution in [0.15, 0.2) is 36.8 Å². The molecular formula is C22H22F4N4O4. The van der Waals surface area contributed by atoms with E-state index >= 15 is 0 Å². The number of amides is 1. The molecule has 1 aliphatic rings. The molecule has 0 radical (unpaired) electrons. The number of rotatable bonds is 5. The topological polar surface area (TPSA) is 78.7 Å². The zero-order valence-corrected chi connectivity index (χ0v) is 18.4. The number of fused-ring (bicyclic) bond motifs is 1. The van der Waals surface area contributed by atoms with Crippen LogP contribution in [0.2, 0.25) is 0 Å². The van der Waals surface area contributed by atoms with Crippen molar-refractivity contribution in [2.24, 2.45) is 0 Å². The summed E-state index contributed by atoms with van der Waals surface area (Å²) >= 11 is 0. The van der Waals surface area contributed by atoms with E-state index in [0.717, 1.165) is 12.1 Å². The second-order valence-electron chi connectivity index (χ2n) is 8.03. The third-order valence-corrected chi connectivity index (χ3v) is 5.27. The van der Waals surface area contributed by atoms with Gasteiger partial charge < -0.3 is 23.7 Å². The molecular weight excluding hydrogens is 460 g/mol. The number of aromatic nitrogens is 3. The number of alkyl halides is 3. The summed E-state index contributed by atoms with van der Waals surface area (Å²) in [7, 11) is 0. The SMILES string of the molecule is CC(C)OC(=O)N1CCC(n2ccc3c(Oc4ccc(OC(F)(F)F)cc4F)ncnc32)CC1. The molecule has 2 aromatic heterocycles. The first-order valence-electron chi connectivity index (χ1n) is 10.6. The highest BCUT2D eigenvalue weighted by Crippen LogP contribution is 2.34. The number of ether oxygens (including phenoxy) is 3. The maximum atomic E-state index is 14.3. The molecule has 182 valence electrons. The third kappa shape index (κ3) is 5.32. The number of benzene rings is 1. The van der Waals surface area contributed by atoms with E-state index in [1.54, 1.807) is 24.8 Å². The van der Waals surface area contributed by atoms with Crippen LogP contribution in [0.25, 0.3) is 11.0 Å². The summed E-state index contributed by atoms with van der Waals surface area (Å²) in [6.07, 6.45) is -0.998. The minimum atomic E-state index is -4.93. The van der Waals surface area contributed by atoms with Gasteiger partial charge in [-0.2, -0.15) is 0 Å². The number of carbonyl (C=O) groups is 1. The minimum Gasteiger partial charge on any atom is -0.447 e. The predicted molar refractivity (Wildman–Crippen MR) is 112 cm³/mol. The van der Waals surface area contributed by atoms with E-state index in [1.807, 2.05) is 10.8 Å². The molecule has 12 heteroatoms. The molecule has 3 heterocycles. The smallest absolute Gasteiger partial charge is 0.447 e. The molecule has 1 saturated heterocycles. The Bertz CT molecular complexity index is 1170. The summed E-state index contributed by atoms with van der Waals surface area (Å²) in [5.74, 6) is -1.97. The second kappa shape index (κ2) is 9.35. The second-order valence-corrected chi connectivity index (χ2v) is 8.03. The lowest BCUT2D eigenvalue weighted by Crippen LogP contribution is -2.40. The fourth-order valence-electron chi connectivity index (χ4n) is 3.79. The average molecular weight is 482 g/mol. The van der Waals surface area contributed by atoms with Gasteiger partial charge >= 0.3 is 12.5 Å². The van der Waals surface area contributed by atoms with Crippen molar-refractivity contribution in [1.82, 2.24) is 19.4 Å². The highest BCUT2D eigenvalue weighted by atomic mass is 19.4. The zero-order valence-electron chi connectivity index (χ0n) is 18.4. The fourth-order valence-corrected chi connectivity index (χ4v) is 3.79. The molecule has 0 saturated carbocycles. The van der Waals surface area contributed by atoms with Crippen molar-refractivity contribution in [1.29, 1.82) is 0 Å². The first-order valence-corrected chi connectivity index (χ1v) is 10.6. The molecule has 0 unspecified atom stereocenters. The maximum absolute atomic E-state index is 14.3. The van der Waals surface area contributed by atoms with E-state index < -0.39 is 17.9 Å². The van der Waals surface area contributed by atoms with Crippen molar-refractivity contribution in [2.75, 3.05) is 13.1 Å². The van der Waals surface area contributed by atoms with Gasteiger partial charge in [-0.1, -0.05) is 0 Å². The van der Waals surface area contributed by atoms with Crippen molar-refractivity contribution >= 4 is 17.1 Å². The van der Waals surface area contributed by atoms with E-state index in [-0.39, 0.29) is 29.9 Å². The van der Waals surface area contributed by atoms with E-state index in [9.17, 15) is 22.4 Å². The number of hydrogen-bond donors (Lipinski definition) is 0. The van der Waals surface area contributed by atoms with Gasteiger partial charge in [-0.3, -0.25) is 0 Å². The van der Waals surface area contributed by atoms with Gasteiger partial charge in [-0.05, 0) is 44.9 Å². The molecule has 0 bridgehead atoms. The highest BCUT2D eigenvalue weighted by molar-refractivity contribution is 5.81. The Hall–Kier alpha value is -3.57. The van der Waals surface area contributed by atoms with Crippen LogP contribution in [0.1, 0.15) is 32.7 Å². The van der Waals surface area contributed by atoms with Gasteiger partial charge in [0.25, 0.3) is 0 Å². The highest BCUT2D eigenvalue weighted by Gasteiger charge is 2.31. The van der Waals surface area contributed by atoms with Crippen LogP contribution >= 0.6 is 0 Å². The molecule has 0 atom stereocenters. The molecule has 3 aromatic rings. The summed E-state index contributed by atoms with van der Waals surface area (Å²) < 4.78 is 67.8. The largest absolute Gasteiger partial charge is 0.573 e. The van der Waals surface area contributed by atoms with Crippen molar-refractivity contribution in [3.05, 3.63) is 42.6 Å². The lowest BCUT2D eigenvalue weighted by atomic mass is 10.1. The summed E-state index contributed by atoms with van der Waals surface area (Å²) in [5.41, 5.74) is 0.561. The molecule has 1 aromatic carbocycles. The normalized spacial score (nSPS) is 15.1. The lowest BCUT2D eigenvalue weighted by Gasteiger charge is -2.32. The average Bonchev–Trinajstić information content (AvgIpc) is 3.19. The van der Waals surface area contributed by atoms with Crippen LogP contribution in [-0.4, -0.2) is 51.1 Å². The molecule has 34 heavy (non-hydrogen) atoms. The van der Waals surface area contributed by atoms with Crippen LogP contribution in [0.5, 0.6) is 17.4 Å². The maximum Gasteiger partial charge on any atom is 0.573 e. The number of nitrogens with zero attached hydrogens (tertiary/aromatic N) is 4. The van der Waals surface area contributed by atoms with Crippen LogP contribution < -0.4 is 9.47 Å². The molecule has 1 amide bonds. The lowest BCUT2D eigenvalue weighted by molar-refractivity contribution is -0.274.